The predicted molar refractivity (Wildman–Crippen MR) is 99.8 cm³/mol. The first-order chi connectivity index (χ1) is 13.1. The molecule has 0 fully saturated rings. The third-order valence-corrected chi connectivity index (χ3v) is 4.45. The first kappa shape index (κ1) is 16.8. The fraction of sp³-hybridized carbons (Fsp3) is 0.150. The average Bonchev–Trinajstić information content (AvgIpc) is 3.10. The van der Waals surface area contributed by atoms with E-state index >= 15 is 0 Å². The van der Waals surface area contributed by atoms with E-state index < -0.39 is 5.91 Å². The molecule has 1 aliphatic rings. The molecule has 0 radical (unpaired) electrons. The van der Waals surface area contributed by atoms with Gasteiger partial charge in [0.2, 0.25) is 5.91 Å². The van der Waals surface area contributed by atoms with E-state index in [1.54, 1.807) is 12.4 Å². The van der Waals surface area contributed by atoms with E-state index in [4.69, 9.17) is 10.5 Å². The van der Waals surface area contributed by atoms with Crippen LogP contribution in [-0.4, -0.2) is 28.0 Å². The highest BCUT2D eigenvalue weighted by atomic mass is 16.5. The Bertz CT molecular complexity index is 997. The van der Waals surface area contributed by atoms with Crippen LogP contribution < -0.4 is 15.8 Å². The van der Waals surface area contributed by atoms with Crippen molar-refractivity contribution in [1.82, 2.24) is 9.55 Å². The average molecular weight is 362 g/mol. The van der Waals surface area contributed by atoms with Crippen molar-refractivity contribution in [3.05, 3.63) is 72.2 Å². The molecule has 3 N–H and O–H groups in total. The van der Waals surface area contributed by atoms with Crippen LogP contribution in [0.1, 0.15) is 23.6 Å². The highest BCUT2D eigenvalue weighted by Gasteiger charge is 2.31. The second kappa shape index (κ2) is 6.95. The number of hydrogen-bond donors (Lipinski definition) is 2. The zero-order chi connectivity index (χ0) is 18.8. The van der Waals surface area contributed by atoms with Crippen LogP contribution in [0.25, 0.3) is 5.69 Å². The summed E-state index contributed by atoms with van der Waals surface area (Å²) < 4.78 is 7.26. The van der Waals surface area contributed by atoms with Gasteiger partial charge in [0.05, 0.1) is 5.69 Å². The van der Waals surface area contributed by atoms with Gasteiger partial charge in [0.15, 0.2) is 6.61 Å². The Balaban J connectivity index is 1.70. The molecule has 2 heterocycles. The number of fused-ring (bicyclic) bond motifs is 1. The molecule has 4 rings (SSSR count). The number of nitrogens with two attached hydrogens (primary N) is 1. The van der Waals surface area contributed by atoms with E-state index in [1.165, 1.54) is 0 Å². The summed E-state index contributed by atoms with van der Waals surface area (Å²) in [6, 6.07) is 17.0. The van der Waals surface area contributed by atoms with Gasteiger partial charge in [-0.25, -0.2) is 4.98 Å². The minimum Gasteiger partial charge on any atom is -0.484 e. The summed E-state index contributed by atoms with van der Waals surface area (Å²) in [6.07, 6.45) is 2.00. The lowest BCUT2D eigenvalue weighted by Gasteiger charge is -2.23. The highest BCUT2D eigenvalue weighted by molar-refractivity contribution is 5.94. The van der Waals surface area contributed by atoms with E-state index in [9.17, 15) is 9.59 Å². The third-order valence-electron chi connectivity index (χ3n) is 4.45. The van der Waals surface area contributed by atoms with Gasteiger partial charge in [0.25, 0.3) is 5.91 Å². The van der Waals surface area contributed by atoms with Crippen molar-refractivity contribution < 1.29 is 14.3 Å². The fourth-order valence-corrected chi connectivity index (χ4v) is 3.24. The SMILES string of the molecule is NC(=O)COc1cccc([C@@H]2CC(=O)Nc3c2ncn3-c2ccccc2)c1. The molecule has 136 valence electrons. The maximum Gasteiger partial charge on any atom is 0.255 e. The lowest BCUT2D eigenvalue weighted by Crippen LogP contribution is -2.25. The largest absolute Gasteiger partial charge is 0.484 e. The Morgan fingerprint density at radius 3 is 2.81 bits per heavy atom. The van der Waals surface area contributed by atoms with E-state index in [0.29, 0.717) is 11.6 Å². The van der Waals surface area contributed by atoms with Gasteiger partial charge in [0, 0.05) is 18.0 Å². The Labute approximate surface area is 155 Å². The molecule has 2 aromatic carbocycles. The van der Waals surface area contributed by atoms with Crippen LogP contribution in [0.2, 0.25) is 0 Å². The molecule has 0 unspecified atom stereocenters. The molecule has 1 aromatic heterocycles. The summed E-state index contributed by atoms with van der Waals surface area (Å²) in [7, 11) is 0. The van der Waals surface area contributed by atoms with E-state index in [0.717, 1.165) is 16.9 Å². The van der Waals surface area contributed by atoms with Crippen LogP contribution in [-0.2, 0) is 9.59 Å². The summed E-state index contributed by atoms with van der Waals surface area (Å²) >= 11 is 0. The van der Waals surface area contributed by atoms with Gasteiger partial charge in [-0.2, -0.15) is 0 Å². The molecule has 0 spiro atoms. The van der Waals surface area contributed by atoms with Crippen molar-refractivity contribution in [2.45, 2.75) is 12.3 Å². The summed E-state index contributed by atoms with van der Waals surface area (Å²) in [5, 5.41) is 2.93. The van der Waals surface area contributed by atoms with Crippen LogP contribution >= 0.6 is 0 Å². The standard InChI is InChI=1S/C20H18N4O3/c21-17(25)11-27-15-8-4-5-13(9-15)16-10-18(26)23-20-19(16)22-12-24(20)14-6-2-1-3-7-14/h1-9,12,16H,10-11H2,(H2,21,25)(H,23,26)/t16-/m0/s1. The number of benzene rings is 2. The van der Waals surface area contributed by atoms with Crippen molar-refractivity contribution in [2.24, 2.45) is 5.73 Å². The molecular formula is C20H18N4O3. The second-order valence-corrected chi connectivity index (χ2v) is 6.32. The van der Waals surface area contributed by atoms with Crippen LogP contribution in [0.5, 0.6) is 5.75 Å². The van der Waals surface area contributed by atoms with Crippen molar-refractivity contribution in [3.63, 3.8) is 0 Å². The number of para-hydroxylation sites is 1. The topological polar surface area (TPSA) is 99.2 Å². The van der Waals surface area contributed by atoms with Gasteiger partial charge >= 0.3 is 0 Å². The summed E-state index contributed by atoms with van der Waals surface area (Å²) in [6.45, 7) is -0.192. The molecule has 3 aromatic rings. The number of carbonyl (C=O) groups is 2. The summed E-state index contributed by atoms with van der Waals surface area (Å²) in [5.41, 5.74) is 7.74. The highest BCUT2D eigenvalue weighted by Crippen LogP contribution is 2.38. The van der Waals surface area contributed by atoms with Crippen molar-refractivity contribution in [1.29, 1.82) is 0 Å². The molecule has 1 atom stereocenters. The molecular weight excluding hydrogens is 344 g/mol. The van der Waals surface area contributed by atoms with Crippen molar-refractivity contribution in [2.75, 3.05) is 11.9 Å². The number of nitrogens with one attached hydrogen (secondary N) is 1. The van der Waals surface area contributed by atoms with Crippen LogP contribution in [0.15, 0.2) is 60.9 Å². The predicted octanol–water partition coefficient (Wildman–Crippen LogP) is 2.21. The third kappa shape index (κ3) is 3.39. The van der Waals surface area contributed by atoms with E-state index in [1.807, 2.05) is 53.1 Å². The van der Waals surface area contributed by atoms with Gasteiger partial charge in [-0.05, 0) is 29.8 Å². The Kier molecular flexibility index (Phi) is 4.33. The van der Waals surface area contributed by atoms with Crippen LogP contribution in [0.3, 0.4) is 0 Å². The number of carbonyl (C=O) groups excluding carboxylic acids is 2. The van der Waals surface area contributed by atoms with Crippen LogP contribution in [0.4, 0.5) is 5.82 Å². The number of rotatable bonds is 5. The van der Waals surface area contributed by atoms with Crippen molar-refractivity contribution >= 4 is 17.6 Å². The molecule has 1 aliphatic heterocycles. The molecule has 0 saturated carbocycles. The first-order valence-corrected chi connectivity index (χ1v) is 8.55. The quantitative estimate of drug-likeness (QED) is 0.727. The Morgan fingerprint density at radius 2 is 2.04 bits per heavy atom. The molecule has 0 bridgehead atoms. The lowest BCUT2D eigenvalue weighted by atomic mass is 9.89. The minimum absolute atomic E-state index is 0.0753. The maximum atomic E-state index is 12.3. The van der Waals surface area contributed by atoms with Gasteiger partial charge in [-0.1, -0.05) is 30.3 Å². The van der Waals surface area contributed by atoms with Crippen LogP contribution in [0, 0.1) is 0 Å². The molecule has 2 amide bonds. The Morgan fingerprint density at radius 1 is 1.22 bits per heavy atom. The number of primary amides is 1. The number of nitrogens with zero attached hydrogens (tertiary/aromatic N) is 2. The number of amides is 2. The molecule has 7 nitrogen and oxygen atoms in total. The number of hydrogen-bond acceptors (Lipinski definition) is 4. The summed E-state index contributed by atoms with van der Waals surface area (Å²) in [4.78, 5) is 27.8. The summed E-state index contributed by atoms with van der Waals surface area (Å²) in [5.74, 6) is 0.387. The Hall–Kier alpha value is -3.61. The molecule has 27 heavy (non-hydrogen) atoms. The van der Waals surface area contributed by atoms with Gasteiger partial charge in [-0.15, -0.1) is 0 Å². The first-order valence-electron chi connectivity index (χ1n) is 8.55. The normalized spacial score (nSPS) is 15.7. The second-order valence-electron chi connectivity index (χ2n) is 6.32. The van der Waals surface area contributed by atoms with E-state index in [2.05, 4.69) is 10.3 Å². The van der Waals surface area contributed by atoms with Crippen molar-refractivity contribution in [3.8, 4) is 11.4 Å². The number of imidazole rings is 1. The monoisotopic (exact) mass is 362 g/mol. The zero-order valence-electron chi connectivity index (χ0n) is 14.5. The molecule has 0 saturated heterocycles. The maximum absolute atomic E-state index is 12.3. The fourth-order valence-electron chi connectivity index (χ4n) is 3.24. The van der Waals surface area contributed by atoms with Gasteiger partial charge in [-0.3, -0.25) is 14.2 Å². The zero-order valence-corrected chi connectivity index (χ0v) is 14.5. The smallest absolute Gasteiger partial charge is 0.255 e. The van der Waals surface area contributed by atoms with Gasteiger partial charge in [0.1, 0.15) is 17.9 Å². The molecule has 7 heteroatoms. The minimum atomic E-state index is -0.540. The number of aromatic nitrogens is 2. The number of anilines is 1. The number of ether oxygens (including phenoxy) is 1. The van der Waals surface area contributed by atoms with Gasteiger partial charge < -0.3 is 15.8 Å². The molecule has 0 aliphatic carbocycles. The van der Waals surface area contributed by atoms with E-state index in [-0.39, 0.29) is 24.9 Å². The lowest BCUT2D eigenvalue weighted by molar-refractivity contribution is -0.120.